The summed E-state index contributed by atoms with van der Waals surface area (Å²) in [5, 5.41) is 2.25. The number of benzene rings is 1. The number of nitrogens with zero attached hydrogens (tertiary/aromatic N) is 3. The molecule has 4 heterocycles. The van der Waals surface area contributed by atoms with E-state index in [-0.39, 0.29) is 31.2 Å². The zero-order valence-corrected chi connectivity index (χ0v) is 29.2. The zero-order chi connectivity index (χ0) is 34.5. The number of nitrogens with one attached hydrogen (secondary N) is 2. The minimum absolute atomic E-state index is 0.0614. The quantitative estimate of drug-likeness (QED) is 0.433. The summed E-state index contributed by atoms with van der Waals surface area (Å²) in [5.41, 5.74) is 2.10. The van der Waals surface area contributed by atoms with E-state index in [1.54, 1.807) is 11.0 Å². The maximum absolute atomic E-state index is 14.4. The van der Waals surface area contributed by atoms with Crippen LogP contribution >= 0.6 is 0 Å². The van der Waals surface area contributed by atoms with Crippen molar-refractivity contribution in [2.24, 2.45) is 11.8 Å². The van der Waals surface area contributed by atoms with E-state index in [1.165, 1.54) is 16.0 Å². The van der Waals surface area contributed by atoms with Crippen molar-refractivity contribution in [3.05, 3.63) is 47.5 Å². The number of rotatable bonds is 6. The SMILES string of the molecule is C=C[C@@H]1C[C@]1(NC(=O)[C@@H]1C[C@@H]2CN1C(=O)C1[C@@H](C)CCN1CCCCCCCc1cccc3c1CN(C3)C(=O)O2)C(=O)NS(=O)(=O)C1CC1. The summed E-state index contributed by atoms with van der Waals surface area (Å²) in [7, 11) is -3.84. The fraction of sp³-hybridized carbons (Fsp3) is 0.667. The fourth-order valence-electron chi connectivity index (χ4n) is 8.47. The number of amides is 4. The Bertz CT molecular complexity index is 1630. The van der Waals surface area contributed by atoms with Crippen molar-refractivity contribution in [1.82, 2.24) is 24.7 Å². The van der Waals surface area contributed by atoms with Crippen molar-refractivity contribution in [3.63, 3.8) is 0 Å². The maximum atomic E-state index is 14.4. The van der Waals surface area contributed by atoms with E-state index in [1.807, 2.05) is 0 Å². The predicted octanol–water partition coefficient (Wildman–Crippen LogP) is 2.99. The molecule has 266 valence electrons. The summed E-state index contributed by atoms with van der Waals surface area (Å²) >= 11 is 0. The molecule has 0 spiro atoms. The lowest BCUT2D eigenvalue weighted by Crippen LogP contribution is -2.58. The zero-order valence-electron chi connectivity index (χ0n) is 28.4. The summed E-state index contributed by atoms with van der Waals surface area (Å²) < 4.78 is 33.5. The van der Waals surface area contributed by atoms with Crippen LogP contribution < -0.4 is 10.0 Å². The summed E-state index contributed by atoms with van der Waals surface area (Å²) in [6.07, 6.45) is 8.85. The second kappa shape index (κ2) is 13.4. The molecule has 6 aliphatic rings. The molecule has 7 rings (SSSR count). The number of hydrogen-bond donors (Lipinski definition) is 2. The van der Waals surface area contributed by atoms with Crippen molar-refractivity contribution < 1.29 is 32.3 Å². The summed E-state index contributed by atoms with van der Waals surface area (Å²) in [6, 6.07) is 4.86. The molecule has 49 heavy (non-hydrogen) atoms. The van der Waals surface area contributed by atoms with Crippen LogP contribution in [0.2, 0.25) is 0 Å². The van der Waals surface area contributed by atoms with Crippen LogP contribution in [0.25, 0.3) is 0 Å². The molecule has 4 bridgehead atoms. The van der Waals surface area contributed by atoms with Gasteiger partial charge in [-0.2, -0.15) is 0 Å². The molecule has 6 atom stereocenters. The monoisotopic (exact) mass is 695 g/mol. The number of sulfonamides is 1. The van der Waals surface area contributed by atoms with Gasteiger partial charge in [0.1, 0.15) is 17.7 Å². The third kappa shape index (κ3) is 6.72. The van der Waals surface area contributed by atoms with Crippen molar-refractivity contribution >= 4 is 33.8 Å². The molecule has 1 unspecified atom stereocenters. The first-order chi connectivity index (χ1) is 23.5. The Kier molecular flexibility index (Phi) is 9.27. The van der Waals surface area contributed by atoms with Crippen LogP contribution in [0.3, 0.4) is 0 Å². The average molecular weight is 696 g/mol. The number of aryl methyl sites for hydroxylation is 1. The molecule has 4 amide bonds. The van der Waals surface area contributed by atoms with Crippen LogP contribution in [0.1, 0.15) is 87.8 Å². The summed E-state index contributed by atoms with van der Waals surface area (Å²) in [4.78, 5) is 61.1. The van der Waals surface area contributed by atoms with E-state index in [9.17, 15) is 27.6 Å². The molecular weight excluding hydrogens is 646 g/mol. The van der Waals surface area contributed by atoms with Crippen LogP contribution in [0.5, 0.6) is 0 Å². The standard InChI is InChI=1S/C36H49N5O7S/c1-3-26-19-36(26,34(44)38-49(46,47)28-13-14-28)37-32(42)30-18-27-21-41(30)33(43)31-23(2)15-17-39(31)16-8-6-4-5-7-10-24-11-9-12-25-20-40(22-29(24)25)35(45)48-27/h3,9,11-12,23,26-28,30-31H,1,4-8,10,13-22H2,2H3,(H,37,42)(H,38,44)/t23-,26+,27+,30-,31?,36+/m0/s1. The van der Waals surface area contributed by atoms with Gasteiger partial charge in [0.05, 0.1) is 17.8 Å². The number of ether oxygens (including phenoxy) is 1. The molecule has 2 aliphatic carbocycles. The van der Waals surface area contributed by atoms with Gasteiger partial charge >= 0.3 is 6.09 Å². The highest BCUT2D eigenvalue weighted by Gasteiger charge is 2.62. The second-order valence-corrected chi connectivity index (χ2v) is 17.1. The van der Waals surface area contributed by atoms with Crippen LogP contribution in [0.4, 0.5) is 4.79 Å². The van der Waals surface area contributed by atoms with Gasteiger partial charge in [0, 0.05) is 25.4 Å². The third-order valence-electron chi connectivity index (χ3n) is 11.7. The Balaban J connectivity index is 1.13. The van der Waals surface area contributed by atoms with Gasteiger partial charge in [0.15, 0.2) is 0 Å². The molecule has 0 radical (unpaired) electrons. The molecule has 1 aromatic carbocycles. The molecule has 12 nitrogen and oxygen atoms in total. The van der Waals surface area contributed by atoms with Crippen molar-refractivity contribution in [2.45, 2.75) is 120 Å². The van der Waals surface area contributed by atoms with Gasteiger partial charge in [-0.15, -0.1) is 6.58 Å². The Morgan fingerprint density at radius 1 is 1.02 bits per heavy atom. The number of fused-ring (bicyclic) bond motifs is 4. The first-order valence-corrected chi connectivity index (χ1v) is 19.7. The van der Waals surface area contributed by atoms with Gasteiger partial charge in [-0.25, -0.2) is 13.2 Å². The van der Waals surface area contributed by atoms with Gasteiger partial charge < -0.3 is 15.0 Å². The molecule has 0 aromatic heterocycles. The first-order valence-electron chi connectivity index (χ1n) is 18.1. The molecule has 2 saturated heterocycles. The lowest BCUT2D eigenvalue weighted by molar-refractivity contribution is -0.143. The van der Waals surface area contributed by atoms with E-state index in [4.69, 9.17) is 4.74 Å². The van der Waals surface area contributed by atoms with Crippen LogP contribution in [-0.2, 0) is 48.7 Å². The molecule has 2 N–H and O–H groups in total. The third-order valence-corrected chi connectivity index (χ3v) is 13.5. The molecular formula is C36H49N5O7S. The van der Waals surface area contributed by atoms with E-state index >= 15 is 0 Å². The molecule has 1 aromatic rings. The van der Waals surface area contributed by atoms with Crippen LogP contribution in [-0.4, -0.2) is 95.5 Å². The summed E-state index contributed by atoms with van der Waals surface area (Å²) in [6.45, 7) is 8.42. The maximum Gasteiger partial charge on any atom is 0.410 e. The van der Waals surface area contributed by atoms with Crippen molar-refractivity contribution in [3.8, 4) is 0 Å². The topological polar surface area (TPSA) is 145 Å². The Morgan fingerprint density at radius 3 is 2.53 bits per heavy atom. The van der Waals surface area contributed by atoms with Gasteiger partial charge in [-0.3, -0.25) is 28.9 Å². The van der Waals surface area contributed by atoms with E-state index in [0.29, 0.717) is 25.9 Å². The predicted molar refractivity (Wildman–Crippen MR) is 181 cm³/mol. The number of carbonyl (C=O) groups excluding carboxylic acids is 4. The van der Waals surface area contributed by atoms with Crippen molar-refractivity contribution in [1.29, 1.82) is 0 Å². The first kappa shape index (κ1) is 34.0. The fourth-order valence-corrected chi connectivity index (χ4v) is 9.84. The normalized spacial score (nSPS) is 32.4. The van der Waals surface area contributed by atoms with Gasteiger partial charge in [-0.1, -0.05) is 50.5 Å². The molecule has 4 aliphatic heterocycles. The van der Waals surface area contributed by atoms with Gasteiger partial charge in [0.2, 0.25) is 21.8 Å². The van der Waals surface area contributed by atoms with E-state index < -0.39 is 62.8 Å². The minimum atomic E-state index is -3.84. The minimum Gasteiger partial charge on any atom is -0.444 e. The van der Waals surface area contributed by atoms with Crippen LogP contribution in [0.15, 0.2) is 30.9 Å². The number of hydrogen-bond acceptors (Lipinski definition) is 8. The summed E-state index contributed by atoms with van der Waals surface area (Å²) in [5.74, 6) is -1.89. The van der Waals surface area contributed by atoms with Crippen molar-refractivity contribution in [2.75, 3.05) is 19.6 Å². The molecule has 13 heteroatoms. The highest BCUT2D eigenvalue weighted by atomic mass is 32.2. The highest BCUT2D eigenvalue weighted by Crippen LogP contribution is 2.45. The molecule has 4 fully saturated rings. The Labute approximate surface area is 289 Å². The van der Waals surface area contributed by atoms with E-state index in [2.05, 4.69) is 46.6 Å². The second-order valence-electron chi connectivity index (χ2n) is 15.1. The Hall–Kier alpha value is -3.45. The van der Waals surface area contributed by atoms with Crippen LogP contribution in [0, 0.1) is 11.8 Å². The number of carbonyl (C=O) groups is 4. The highest BCUT2D eigenvalue weighted by molar-refractivity contribution is 7.91. The van der Waals surface area contributed by atoms with E-state index in [0.717, 1.165) is 63.6 Å². The van der Waals surface area contributed by atoms with Gasteiger partial charge in [-0.05, 0) is 80.6 Å². The lowest BCUT2D eigenvalue weighted by Gasteiger charge is -2.33. The lowest BCUT2D eigenvalue weighted by atomic mass is 9.98. The smallest absolute Gasteiger partial charge is 0.410 e. The van der Waals surface area contributed by atoms with Gasteiger partial charge in [0.25, 0.3) is 5.91 Å². The molecule has 2 saturated carbocycles. The Morgan fingerprint density at radius 2 is 1.78 bits per heavy atom. The average Bonchev–Trinajstić information content (AvgIpc) is 3.91. The largest absolute Gasteiger partial charge is 0.444 e.